The number of ketones is 1. The van der Waals surface area contributed by atoms with Crippen LogP contribution in [-0.2, 0) is 0 Å². The van der Waals surface area contributed by atoms with Gasteiger partial charge >= 0.3 is 5.63 Å². The average Bonchev–Trinajstić information content (AvgIpc) is 2.58. The van der Waals surface area contributed by atoms with Crippen LogP contribution >= 0.6 is 0 Å². The topological polar surface area (TPSA) is 76.7 Å². The molecule has 0 unspecified atom stereocenters. The zero-order valence-electron chi connectivity index (χ0n) is 13.8. The lowest BCUT2D eigenvalue weighted by Gasteiger charge is -2.03. The van der Waals surface area contributed by atoms with E-state index in [0.29, 0.717) is 0 Å². The molecule has 1 aromatic heterocycles. The van der Waals surface area contributed by atoms with E-state index in [0.717, 1.165) is 22.1 Å². The molecule has 0 amide bonds. The Morgan fingerprint density at radius 2 is 1.84 bits per heavy atom. The van der Waals surface area contributed by atoms with Crippen LogP contribution in [0.1, 0.15) is 21.7 Å². The van der Waals surface area contributed by atoms with Gasteiger partial charge in [-0.3, -0.25) is 4.79 Å². The van der Waals surface area contributed by atoms with E-state index in [-0.39, 0.29) is 17.1 Å². The van der Waals surface area contributed by atoms with E-state index in [1.807, 2.05) is 36.4 Å². The van der Waals surface area contributed by atoms with E-state index in [2.05, 4.69) is 0 Å². The molecule has 0 radical (unpaired) electrons. The maximum absolute atomic E-state index is 12.2. The lowest BCUT2D eigenvalue weighted by molar-refractivity contribution is 0.104. The number of aromatic hydroxyl groups is 1. The third-order valence-electron chi connectivity index (χ3n) is 3.80. The number of fused-ring (bicyclic) bond motifs is 1. The third kappa shape index (κ3) is 3.45. The van der Waals surface area contributed by atoms with Crippen molar-refractivity contribution >= 4 is 22.6 Å². The molecule has 0 aliphatic heterocycles. The van der Waals surface area contributed by atoms with Crippen LogP contribution in [0.5, 0.6) is 11.5 Å². The molecule has 1 heterocycles. The van der Waals surface area contributed by atoms with Gasteiger partial charge < -0.3 is 14.3 Å². The lowest BCUT2D eigenvalue weighted by Crippen LogP contribution is -2.12. The fourth-order valence-corrected chi connectivity index (χ4v) is 2.55. The summed E-state index contributed by atoms with van der Waals surface area (Å²) in [6.07, 6.45) is 2.83. The summed E-state index contributed by atoms with van der Waals surface area (Å²) >= 11 is 0. The molecular weight excluding hydrogens is 320 g/mol. The standard InChI is InChI=1S/C20H16O5/c1-12-9-18(22)19(20(23)25-12)17(21)8-4-13-3-5-15-11-16(24-2)7-6-14(15)10-13/h3-11,22H,1-2H3/b8-4+. The fraction of sp³-hybridized carbons (Fsp3) is 0.100. The number of hydrogen-bond donors (Lipinski definition) is 1. The number of hydrogen-bond acceptors (Lipinski definition) is 5. The second-order valence-corrected chi connectivity index (χ2v) is 5.57. The first-order valence-electron chi connectivity index (χ1n) is 7.62. The number of allylic oxidation sites excluding steroid dienone is 1. The molecule has 2 aromatic carbocycles. The molecule has 0 aliphatic rings. The van der Waals surface area contributed by atoms with Crippen molar-refractivity contribution in [3.63, 3.8) is 0 Å². The molecule has 0 saturated heterocycles. The van der Waals surface area contributed by atoms with Crippen molar-refractivity contribution in [2.45, 2.75) is 6.92 Å². The Bertz CT molecular complexity index is 1040. The van der Waals surface area contributed by atoms with Gasteiger partial charge in [-0.2, -0.15) is 0 Å². The Balaban J connectivity index is 1.90. The van der Waals surface area contributed by atoms with E-state index in [1.165, 1.54) is 19.1 Å². The summed E-state index contributed by atoms with van der Waals surface area (Å²) in [5, 5.41) is 11.8. The van der Waals surface area contributed by atoms with Gasteiger partial charge in [0.25, 0.3) is 0 Å². The maximum atomic E-state index is 12.2. The minimum Gasteiger partial charge on any atom is -0.507 e. The van der Waals surface area contributed by atoms with E-state index >= 15 is 0 Å². The van der Waals surface area contributed by atoms with Gasteiger partial charge in [0.15, 0.2) is 5.78 Å². The van der Waals surface area contributed by atoms with Crippen molar-refractivity contribution < 1.29 is 19.1 Å². The van der Waals surface area contributed by atoms with Crippen molar-refractivity contribution in [3.05, 3.63) is 75.8 Å². The van der Waals surface area contributed by atoms with Crippen LogP contribution in [0.2, 0.25) is 0 Å². The van der Waals surface area contributed by atoms with E-state index in [4.69, 9.17) is 9.15 Å². The summed E-state index contributed by atoms with van der Waals surface area (Å²) in [5.74, 6) is 0.0237. The molecule has 5 heteroatoms. The monoisotopic (exact) mass is 336 g/mol. The molecule has 3 rings (SSSR count). The highest BCUT2D eigenvalue weighted by molar-refractivity contribution is 6.08. The average molecular weight is 336 g/mol. The van der Waals surface area contributed by atoms with Gasteiger partial charge in [-0.15, -0.1) is 0 Å². The largest absolute Gasteiger partial charge is 0.507 e. The molecule has 0 saturated carbocycles. The molecule has 3 aromatic rings. The number of carbonyl (C=O) groups excluding carboxylic acids is 1. The summed E-state index contributed by atoms with van der Waals surface area (Å²) in [5.41, 5.74) is -0.424. The number of carbonyl (C=O) groups is 1. The smallest absolute Gasteiger partial charge is 0.351 e. The van der Waals surface area contributed by atoms with Gasteiger partial charge in [-0.05, 0) is 47.5 Å². The molecule has 126 valence electrons. The summed E-state index contributed by atoms with van der Waals surface area (Å²) in [7, 11) is 1.61. The highest BCUT2D eigenvalue weighted by atomic mass is 16.5. The Morgan fingerprint density at radius 3 is 2.56 bits per heavy atom. The Morgan fingerprint density at radius 1 is 1.12 bits per heavy atom. The number of rotatable bonds is 4. The maximum Gasteiger partial charge on any atom is 0.351 e. The summed E-state index contributed by atoms with van der Waals surface area (Å²) in [4.78, 5) is 24.0. The number of aryl methyl sites for hydroxylation is 1. The fourth-order valence-electron chi connectivity index (χ4n) is 2.55. The van der Waals surface area contributed by atoms with Crippen LogP contribution in [0.15, 0.2) is 57.8 Å². The van der Waals surface area contributed by atoms with Gasteiger partial charge in [0.2, 0.25) is 0 Å². The van der Waals surface area contributed by atoms with Crippen LogP contribution in [-0.4, -0.2) is 18.0 Å². The van der Waals surface area contributed by atoms with Crippen LogP contribution in [0, 0.1) is 6.92 Å². The molecule has 5 nitrogen and oxygen atoms in total. The Labute approximate surface area is 143 Å². The van der Waals surface area contributed by atoms with Crippen molar-refractivity contribution in [1.82, 2.24) is 0 Å². The molecule has 0 spiro atoms. The summed E-state index contributed by atoms with van der Waals surface area (Å²) in [6, 6.07) is 12.6. The molecule has 0 atom stereocenters. The van der Waals surface area contributed by atoms with Gasteiger partial charge in [0, 0.05) is 6.07 Å². The molecule has 0 fully saturated rings. The number of benzene rings is 2. The summed E-state index contributed by atoms with van der Waals surface area (Å²) in [6.45, 7) is 1.52. The normalized spacial score (nSPS) is 11.1. The van der Waals surface area contributed by atoms with E-state index in [1.54, 1.807) is 13.2 Å². The minimum absolute atomic E-state index is 0.244. The minimum atomic E-state index is -0.849. The van der Waals surface area contributed by atoms with Crippen LogP contribution in [0.25, 0.3) is 16.8 Å². The van der Waals surface area contributed by atoms with Gasteiger partial charge in [0.1, 0.15) is 22.8 Å². The van der Waals surface area contributed by atoms with E-state index < -0.39 is 11.4 Å². The van der Waals surface area contributed by atoms with Crippen molar-refractivity contribution in [2.75, 3.05) is 7.11 Å². The molecular formula is C20H16O5. The Hall–Kier alpha value is -3.34. The first-order chi connectivity index (χ1) is 12.0. The van der Waals surface area contributed by atoms with Gasteiger partial charge in [0.05, 0.1) is 7.11 Å². The van der Waals surface area contributed by atoms with Crippen LogP contribution < -0.4 is 10.4 Å². The molecule has 0 aliphatic carbocycles. The second kappa shape index (κ2) is 6.65. The van der Waals surface area contributed by atoms with Gasteiger partial charge in [-0.1, -0.05) is 24.3 Å². The molecule has 0 bridgehead atoms. The first kappa shape index (κ1) is 16.5. The SMILES string of the molecule is COc1ccc2cc(/C=C/C(=O)c3c(O)cc(C)oc3=O)ccc2c1. The highest BCUT2D eigenvalue weighted by Gasteiger charge is 2.15. The molecule has 1 N–H and O–H groups in total. The van der Waals surface area contributed by atoms with Crippen LogP contribution in [0.4, 0.5) is 0 Å². The number of ether oxygens (including phenoxy) is 1. The van der Waals surface area contributed by atoms with Crippen molar-refractivity contribution in [1.29, 1.82) is 0 Å². The first-order valence-corrected chi connectivity index (χ1v) is 7.62. The van der Waals surface area contributed by atoms with Crippen molar-refractivity contribution in [2.24, 2.45) is 0 Å². The highest BCUT2D eigenvalue weighted by Crippen LogP contribution is 2.22. The zero-order valence-corrected chi connectivity index (χ0v) is 13.8. The third-order valence-corrected chi connectivity index (χ3v) is 3.80. The number of methoxy groups -OCH3 is 1. The van der Waals surface area contributed by atoms with Crippen molar-refractivity contribution in [3.8, 4) is 11.5 Å². The van der Waals surface area contributed by atoms with E-state index in [9.17, 15) is 14.7 Å². The van der Waals surface area contributed by atoms with Gasteiger partial charge in [-0.25, -0.2) is 4.79 Å². The second-order valence-electron chi connectivity index (χ2n) is 5.57. The lowest BCUT2D eigenvalue weighted by atomic mass is 10.1. The quantitative estimate of drug-likeness (QED) is 0.580. The Kier molecular flexibility index (Phi) is 4.39. The molecule has 25 heavy (non-hydrogen) atoms. The van der Waals surface area contributed by atoms with Crippen LogP contribution in [0.3, 0.4) is 0 Å². The predicted molar refractivity (Wildman–Crippen MR) is 95.2 cm³/mol. The zero-order chi connectivity index (χ0) is 18.0. The predicted octanol–water partition coefficient (Wildman–Crippen LogP) is 3.71. The summed E-state index contributed by atoms with van der Waals surface area (Å²) < 4.78 is 10.1.